The number of nitrogens with zero attached hydrogens (tertiary/aromatic N) is 1. The average Bonchev–Trinajstić information content (AvgIpc) is 2.29. The molecular weight excluding hydrogens is 226 g/mol. The first-order valence-electron chi connectivity index (χ1n) is 6.85. The van der Waals surface area contributed by atoms with Gasteiger partial charge in [0, 0.05) is 5.41 Å². The molecule has 1 fully saturated rings. The molecule has 2 aliphatic rings. The van der Waals surface area contributed by atoms with Gasteiger partial charge in [0.05, 0.1) is 24.2 Å². The van der Waals surface area contributed by atoms with Crippen LogP contribution in [0, 0.1) is 34.5 Å². The molecule has 1 saturated carbocycles. The van der Waals surface area contributed by atoms with E-state index >= 15 is 0 Å². The maximum atomic E-state index is 9.87. The Balaban J connectivity index is 2.36. The third-order valence-electron chi connectivity index (χ3n) is 5.02. The number of aliphatic hydroxyl groups excluding tert-OH is 2. The lowest BCUT2D eigenvalue weighted by Crippen LogP contribution is -2.45. The van der Waals surface area contributed by atoms with Crippen molar-refractivity contribution in [2.45, 2.75) is 52.2 Å². The van der Waals surface area contributed by atoms with Crippen LogP contribution in [-0.4, -0.2) is 22.4 Å². The summed E-state index contributed by atoms with van der Waals surface area (Å²) >= 11 is 0. The fraction of sp³-hybridized carbons (Fsp3) is 0.800. The van der Waals surface area contributed by atoms with Gasteiger partial charge >= 0.3 is 0 Å². The smallest absolute Gasteiger partial charge is 0.0983 e. The van der Waals surface area contributed by atoms with Crippen LogP contribution in [0.1, 0.15) is 40.0 Å². The topological polar surface area (TPSA) is 64.2 Å². The average molecular weight is 249 g/mol. The van der Waals surface area contributed by atoms with E-state index in [-0.39, 0.29) is 11.3 Å². The Kier molecular flexibility index (Phi) is 3.53. The van der Waals surface area contributed by atoms with Crippen molar-refractivity contribution in [2.75, 3.05) is 0 Å². The molecule has 2 unspecified atom stereocenters. The summed E-state index contributed by atoms with van der Waals surface area (Å²) in [5.41, 5.74) is 0.926. The van der Waals surface area contributed by atoms with Crippen LogP contribution in [0.15, 0.2) is 11.6 Å². The van der Waals surface area contributed by atoms with Crippen molar-refractivity contribution in [2.24, 2.45) is 23.2 Å². The van der Waals surface area contributed by atoms with Gasteiger partial charge < -0.3 is 10.2 Å². The van der Waals surface area contributed by atoms with Crippen molar-refractivity contribution in [3.63, 3.8) is 0 Å². The Morgan fingerprint density at radius 1 is 1.44 bits per heavy atom. The maximum absolute atomic E-state index is 9.87. The first-order chi connectivity index (χ1) is 8.38. The molecule has 0 saturated heterocycles. The van der Waals surface area contributed by atoms with E-state index in [1.54, 1.807) is 6.08 Å². The van der Waals surface area contributed by atoms with Crippen molar-refractivity contribution < 1.29 is 10.2 Å². The molecule has 2 aliphatic carbocycles. The predicted octanol–water partition coefficient (Wildman–Crippen LogP) is 2.25. The normalized spacial score (nSPS) is 44.2. The molecule has 0 bridgehead atoms. The number of allylic oxidation sites excluding steroid dienone is 1. The van der Waals surface area contributed by atoms with Crippen molar-refractivity contribution in [1.29, 1.82) is 5.26 Å². The van der Waals surface area contributed by atoms with Crippen LogP contribution in [0.25, 0.3) is 0 Å². The number of aliphatic hydroxyl groups is 2. The highest BCUT2D eigenvalue weighted by Crippen LogP contribution is 2.53. The summed E-state index contributed by atoms with van der Waals surface area (Å²) in [6.07, 6.45) is 2.67. The lowest BCUT2D eigenvalue weighted by Gasteiger charge is -2.48. The van der Waals surface area contributed by atoms with Crippen LogP contribution in [0.4, 0.5) is 0 Å². The monoisotopic (exact) mass is 249 g/mol. The molecule has 2 N–H and O–H groups in total. The first kappa shape index (κ1) is 13.6. The Bertz CT molecular complexity index is 396. The predicted molar refractivity (Wildman–Crippen MR) is 69.5 cm³/mol. The molecule has 5 atom stereocenters. The van der Waals surface area contributed by atoms with Gasteiger partial charge in [-0.25, -0.2) is 0 Å². The maximum Gasteiger partial charge on any atom is 0.0983 e. The van der Waals surface area contributed by atoms with Gasteiger partial charge in [0.2, 0.25) is 0 Å². The summed E-state index contributed by atoms with van der Waals surface area (Å²) in [5.74, 6) is 1.01. The largest absolute Gasteiger partial charge is 0.390 e. The number of hydrogen-bond donors (Lipinski definition) is 2. The Morgan fingerprint density at radius 3 is 2.67 bits per heavy atom. The summed E-state index contributed by atoms with van der Waals surface area (Å²) in [6.45, 7) is 6.45. The quantitative estimate of drug-likeness (QED) is 0.701. The molecule has 100 valence electrons. The zero-order valence-corrected chi connectivity index (χ0v) is 11.4. The number of nitriles is 1. The van der Waals surface area contributed by atoms with E-state index in [0.29, 0.717) is 18.3 Å². The summed E-state index contributed by atoms with van der Waals surface area (Å²) in [5, 5.41) is 29.1. The van der Waals surface area contributed by atoms with Gasteiger partial charge in [-0.3, -0.25) is 0 Å². The van der Waals surface area contributed by atoms with Crippen LogP contribution < -0.4 is 0 Å². The second-order valence-electron chi connectivity index (χ2n) is 6.50. The summed E-state index contributed by atoms with van der Waals surface area (Å²) in [4.78, 5) is 0. The minimum atomic E-state index is -0.765. The zero-order chi connectivity index (χ0) is 13.5. The summed E-state index contributed by atoms with van der Waals surface area (Å²) in [7, 11) is 0. The fourth-order valence-electron chi connectivity index (χ4n) is 3.49. The molecular formula is C15H23NO2. The Morgan fingerprint density at radius 2 is 2.11 bits per heavy atom. The van der Waals surface area contributed by atoms with Crippen LogP contribution in [-0.2, 0) is 0 Å². The minimum absolute atomic E-state index is 0.0490. The molecule has 0 spiro atoms. The van der Waals surface area contributed by atoms with Crippen LogP contribution in [0.5, 0.6) is 0 Å². The number of hydrogen-bond acceptors (Lipinski definition) is 3. The zero-order valence-electron chi connectivity index (χ0n) is 11.4. The highest BCUT2D eigenvalue weighted by atomic mass is 16.3. The van der Waals surface area contributed by atoms with Gasteiger partial charge in [-0.2, -0.15) is 5.26 Å². The van der Waals surface area contributed by atoms with E-state index in [9.17, 15) is 15.5 Å². The van der Waals surface area contributed by atoms with Gasteiger partial charge in [-0.15, -0.1) is 0 Å². The number of fused-ring (bicyclic) bond motifs is 1. The molecule has 18 heavy (non-hydrogen) atoms. The first-order valence-corrected chi connectivity index (χ1v) is 6.85. The van der Waals surface area contributed by atoms with E-state index < -0.39 is 12.2 Å². The van der Waals surface area contributed by atoms with Crippen molar-refractivity contribution in [3.8, 4) is 6.07 Å². The van der Waals surface area contributed by atoms with Gasteiger partial charge in [0.25, 0.3) is 0 Å². The molecule has 0 aromatic carbocycles. The molecule has 0 aromatic heterocycles. The lowest BCUT2D eigenvalue weighted by atomic mass is 9.56. The van der Waals surface area contributed by atoms with Crippen molar-refractivity contribution in [3.05, 3.63) is 11.6 Å². The molecule has 0 aromatic rings. The molecule has 3 heteroatoms. The lowest BCUT2D eigenvalue weighted by molar-refractivity contribution is -0.0112. The Hall–Kier alpha value is -0.850. The minimum Gasteiger partial charge on any atom is -0.390 e. The Labute approximate surface area is 109 Å². The SMILES string of the molecule is CC(C)[C@H]1CC2=CC(O)C(O)C[C@@]2(C)[C@H](C#N)C1. The molecule has 0 aliphatic heterocycles. The van der Waals surface area contributed by atoms with Crippen LogP contribution >= 0.6 is 0 Å². The molecule has 0 heterocycles. The van der Waals surface area contributed by atoms with E-state index in [4.69, 9.17) is 0 Å². The third-order valence-corrected chi connectivity index (χ3v) is 5.02. The van der Waals surface area contributed by atoms with Crippen LogP contribution in [0.2, 0.25) is 0 Å². The van der Waals surface area contributed by atoms with Gasteiger partial charge in [0.15, 0.2) is 0 Å². The second-order valence-corrected chi connectivity index (χ2v) is 6.50. The van der Waals surface area contributed by atoms with Crippen LogP contribution in [0.3, 0.4) is 0 Å². The van der Waals surface area contributed by atoms with Gasteiger partial charge in [-0.05, 0) is 31.1 Å². The molecule has 0 amide bonds. The van der Waals surface area contributed by atoms with Gasteiger partial charge in [0.1, 0.15) is 0 Å². The highest BCUT2D eigenvalue weighted by molar-refractivity contribution is 5.27. The summed E-state index contributed by atoms with van der Waals surface area (Å²) < 4.78 is 0. The summed E-state index contributed by atoms with van der Waals surface area (Å²) in [6, 6.07) is 2.43. The van der Waals surface area contributed by atoms with Gasteiger partial charge in [-0.1, -0.05) is 32.4 Å². The van der Waals surface area contributed by atoms with E-state index in [1.165, 1.54) is 5.57 Å². The highest BCUT2D eigenvalue weighted by Gasteiger charge is 2.48. The molecule has 0 radical (unpaired) electrons. The number of rotatable bonds is 1. The second kappa shape index (κ2) is 4.68. The molecule has 2 rings (SSSR count). The van der Waals surface area contributed by atoms with E-state index in [1.807, 2.05) is 0 Å². The third kappa shape index (κ3) is 2.08. The standard InChI is InChI=1S/C15H23NO2/c1-9(2)10-4-11-6-13(17)14(18)7-15(11,3)12(5-10)8-16/h6,9-10,12-14,17-18H,4-5,7H2,1-3H3/t10-,12-,13?,14?,15+/m0/s1. The van der Waals surface area contributed by atoms with E-state index in [0.717, 1.165) is 12.8 Å². The fourth-order valence-corrected chi connectivity index (χ4v) is 3.49. The molecule has 3 nitrogen and oxygen atoms in total. The van der Waals surface area contributed by atoms with Crippen molar-refractivity contribution >= 4 is 0 Å². The van der Waals surface area contributed by atoms with Crippen molar-refractivity contribution in [1.82, 2.24) is 0 Å². The van der Waals surface area contributed by atoms with E-state index in [2.05, 4.69) is 26.8 Å².